The summed E-state index contributed by atoms with van der Waals surface area (Å²) in [6.45, 7) is 0.996. The van der Waals surface area contributed by atoms with Crippen LogP contribution >= 0.6 is 0 Å². The van der Waals surface area contributed by atoms with Crippen molar-refractivity contribution in [1.29, 1.82) is 0 Å². The maximum Gasteiger partial charge on any atom is 0.459 e. The van der Waals surface area contributed by atoms with E-state index in [0.29, 0.717) is 22.2 Å². The third kappa shape index (κ3) is 6.07. The number of aromatic nitrogens is 2. The van der Waals surface area contributed by atoms with Crippen molar-refractivity contribution < 1.29 is 19.2 Å². The van der Waals surface area contributed by atoms with Gasteiger partial charge in [-0.15, -0.1) is 0 Å². The summed E-state index contributed by atoms with van der Waals surface area (Å²) in [5, 5.41) is 10.8. The minimum absolute atomic E-state index is 0.163. The normalized spacial score (nSPS) is 16.3. The van der Waals surface area contributed by atoms with Gasteiger partial charge in [-0.2, -0.15) is 15.3 Å². The van der Waals surface area contributed by atoms with Gasteiger partial charge >= 0.3 is 12.1 Å². The first-order valence-electron chi connectivity index (χ1n) is 12.9. The second kappa shape index (κ2) is 11.8. The fourth-order valence-electron chi connectivity index (χ4n) is 4.93. The molecule has 2 atom stereocenters. The molecular formula is C29H30N6O4. The average molecular weight is 527 g/mol. The van der Waals surface area contributed by atoms with Crippen molar-refractivity contribution in [2.75, 3.05) is 18.9 Å². The highest BCUT2D eigenvalue weighted by Crippen LogP contribution is 2.28. The van der Waals surface area contributed by atoms with Crippen LogP contribution in [0.5, 0.6) is 0 Å². The molecule has 0 aliphatic carbocycles. The Morgan fingerprint density at radius 1 is 0.974 bits per heavy atom. The molecule has 1 fully saturated rings. The number of amides is 3. The summed E-state index contributed by atoms with van der Waals surface area (Å²) in [6.07, 6.45) is 3.91. The zero-order chi connectivity index (χ0) is 27.2. The summed E-state index contributed by atoms with van der Waals surface area (Å²) < 4.78 is 1.04. The van der Waals surface area contributed by atoms with Crippen molar-refractivity contribution in [2.24, 2.45) is 0 Å². The minimum Gasteiger partial charge on any atom is -0.329 e. The van der Waals surface area contributed by atoms with Gasteiger partial charge in [0.15, 0.2) is 0 Å². The first kappa shape index (κ1) is 25.9. The van der Waals surface area contributed by atoms with E-state index in [-0.39, 0.29) is 18.1 Å². The van der Waals surface area contributed by atoms with Gasteiger partial charge in [0.05, 0.1) is 17.8 Å². The molecule has 2 unspecified atom stereocenters. The molecule has 5 rings (SSSR count). The number of nitrogens with one attached hydrogen (secondary N) is 3. The van der Waals surface area contributed by atoms with E-state index in [2.05, 4.69) is 33.2 Å². The molecule has 1 aliphatic heterocycles. The third-order valence-corrected chi connectivity index (χ3v) is 6.92. The van der Waals surface area contributed by atoms with Crippen molar-refractivity contribution >= 4 is 34.6 Å². The molecule has 3 N–H and O–H groups in total. The number of carbonyl (C=O) groups is 3. The Hall–Kier alpha value is -4.70. The molecule has 200 valence electrons. The number of hydroxylamine groups is 1. The maximum atomic E-state index is 13.1. The molecule has 0 radical (unpaired) electrons. The number of rotatable bonds is 5. The zero-order valence-corrected chi connectivity index (χ0v) is 21.5. The topological polar surface area (TPSA) is 118 Å². The van der Waals surface area contributed by atoms with Crippen molar-refractivity contribution in [3.05, 3.63) is 96.2 Å². The van der Waals surface area contributed by atoms with Crippen molar-refractivity contribution in [3.8, 4) is 0 Å². The first-order chi connectivity index (χ1) is 19.0. The third-order valence-electron chi connectivity index (χ3n) is 6.92. The van der Waals surface area contributed by atoms with Crippen LogP contribution in [0.1, 0.15) is 41.2 Å². The van der Waals surface area contributed by atoms with Crippen molar-refractivity contribution in [3.63, 3.8) is 0 Å². The number of hydrogen-bond donors (Lipinski definition) is 3. The van der Waals surface area contributed by atoms with Crippen molar-refractivity contribution in [2.45, 2.75) is 31.3 Å². The van der Waals surface area contributed by atoms with E-state index in [1.54, 1.807) is 48.5 Å². The second-order valence-corrected chi connectivity index (χ2v) is 9.53. The fraction of sp³-hybridized carbons (Fsp3) is 0.241. The molecule has 3 aromatic carbocycles. The largest absolute Gasteiger partial charge is 0.459 e. The van der Waals surface area contributed by atoms with E-state index in [1.807, 2.05) is 30.3 Å². The van der Waals surface area contributed by atoms with E-state index in [1.165, 1.54) is 6.20 Å². The summed E-state index contributed by atoms with van der Waals surface area (Å²) in [4.78, 5) is 45.0. The highest BCUT2D eigenvalue weighted by molar-refractivity contribution is 5.96. The molecule has 1 aromatic heterocycles. The number of urea groups is 1. The molecule has 3 amide bonds. The smallest absolute Gasteiger partial charge is 0.329 e. The highest BCUT2D eigenvalue weighted by Gasteiger charge is 2.30. The lowest BCUT2D eigenvalue weighted by Gasteiger charge is -2.38. The Kier molecular flexibility index (Phi) is 7.83. The van der Waals surface area contributed by atoms with Crippen LogP contribution in [0, 0.1) is 0 Å². The predicted octanol–water partition coefficient (Wildman–Crippen LogP) is 4.71. The van der Waals surface area contributed by atoms with Crippen LogP contribution in [0.25, 0.3) is 10.9 Å². The van der Waals surface area contributed by atoms with Gasteiger partial charge in [0.25, 0.3) is 5.91 Å². The van der Waals surface area contributed by atoms with Gasteiger partial charge in [-0.05, 0) is 62.3 Å². The van der Waals surface area contributed by atoms with Crippen LogP contribution in [-0.4, -0.2) is 52.3 Å². The monoisotopic (exact) mass is 526 g/mol. The second-order valence-electron chi connectivity index (χ2n) is 9.53. The van der Waals surface area contributed by atoms with Gasteiger partial charge in [-0.25, -0.2) is 9.59 Å². The lowest BCUT2D eigenvalue weighted by atomic mass is 9.91. The molecule has 2 heterocycles. The SMILES string of the molecule is CN1CCCCC1C(NC(=O)Nc1ccc2c(cnn2C(=O)ONC(=O)c2ccccc2)c1)c1ccccc1. The standard InChI is InChI=1S/C29H30N6O4/c1-34-17-9-8-14-25(34)26(20-10-4-2-5-11-20)32-28(37)31-23-15-16-24-22(18-23)19-30-35(24)29(38)39-33-27(36)21-12-6-3-7-13-21/h2-7,10-13,15-16,18-19,25-26H,8-9,14,17H2,1H3,(H,33,36)(H2,31,32,37). The number of fused-ring (bicyclic) bond motifs is 1. The number of likely N-dealkylation sites (tertiary alicyclic amines) is 1. The predicted molar refractivity (Wildman–Crippen MR) is 147 cm³/mol. The summed E-state index contributed by atoms with van der Waals surface area (Å²) in [5.74, 6) is -0.550. The highest BCUT2D eigenvalue weighted by atomic mass is 16.7. The Morgan fingerprint density at radius 3 is 2.46 bits per heavy atom. The van der Waals surface area contributed by atoms with Crippen molar-refractivity contribution in [1.82, 2.24) is 25.5 Å². The molecule has 10 nitrogen and oxygen atoms in total. The van der Waals surface area contributed by atoms with E-state index in [9.17, 15) is 14.4 Å². The average Bonchev–Trinajstić information content (AvgIpc) is 3.39. The number of carbonyl (C=O) groups excluding carboxylic acids is 3. The van der Waals surface area contributed by atoms with Crippen LogP contribution in [-0.2, 0) is 4.84 Å². The molecule has 1 saturated heterocycles. The number of likely N-dealkylation sites (N-methyl/N-ethyl adjacent to an activating group) is 1. The van der Waals surface area contributed by atoms with Crippen LogP contribution in [0.2, 0.25) is 0 Å². The Labute approximate surface area is 225 Å². The minimum atomic E-state index is -0.866. The molecular weight excluding hydrogens is 496 g/mol. The lowest BCUT2D eigenvalue weighted by molar-refractivity contribution is 0.0570. The van der Waals surface area contributed by atoms with Crippen LogP contribution in [0.3, 0.4) is 0 Å². The summed E-state index contributed by atoms with van der Waals surface area (Å²) in [7, 11) is 2.10. The molecule has 0 bridgehead atoms. The van der Waals surface area contributed by atoms with Gasteiger partial charge in [0.2, 0.25) is 0 Å². The Bertz CT molecular complexity index is 1460. The summed E-state index contributed by atoms with van der Waals surface area (Å²) in [5.41, 5.74) is 4.56. The Balaban J connectivity index is 1.25. The molecule has 0 spiro atoms. The number of benzene rings is 3. The van der Waals surface area contributed by atoms with E-state index in [4.69, 9.17) is 4.84 Å². The van der Waals surface area contributed by atoms with Gasteiger partial charge < -0.3 is 20.4 Å². The van der Waals surface area contributed by atoms with E-state index < -0.39 is 12.0 Å². The number of anilines is 1. The van der Waals surface area contributed by atoms with Crippen LogP contribution in [0.4, 0.5) is 15.3 Å². The number of hydrogen-bond acceptors (Lipinski definition) is 6. The van der Waals surface area contributed by atoms with E-state index >= 15 is 0 Å². The molecule has 4 aromatic rings. The molecule has 1 aliphatic rings. The lowest BCUT2D eigenvalue weighted by Crippen LogP contribution is -2.47. The first-order valence-corrected chi connectivity index (χ1v) is 12.9. The molecule has 10 heteroatoms. The van der Waals surface area contributed by atoms with Gasteiger partial charge in [0, 0.05) is 22.7 Å². The zero-order valence-electron chi connectivity index (χ0n) is 21.5. The summed E-state index contributed by atoms with van der Waals surface area (Å²) in [6, 6.07) is 23.2. The van der Waals surface area contributed by atoms with Gasteiger partial charge in [0.1, 0.15) is 0 Å². The van der Waals surface area contributed by atoms with Gasteiger partial charge in [-0.1, -0.05) is 55.0 Å². The molecule has 0 saturated carbocycles. The quantitative estimate of drug-likeness (QED) is 0.324. The van der Waals surface area contributed by atoms with Crippen LogP contribution < -0.4 is 16.1 Å². The number of nitrogens with zero attached hydrogens (tertiary/aromatic N) is 3. The fourth-order valence-corrected chi connectivity index (χ4v) is 4.93. The maximum absolute atomic E-state index is 13.1. The Morgan fingerprint density at radius 2 is 1.72 bits per heavy atom. The molecule has 39 heavy (non-hydrogen) atoms. The van der Waals surface area contributed by atoms with Crippen LogP contribution in [0.15, 0.2) is 85.1 Å². The van der Waals surface area contributed by atoms with E-state index in [0.717, 1.165) is 36.1 Å². The number of piperidine rings is 1. The summed E-state index contributed by atoms with van der Waals surface area (Å²) >= 11 is 0. The van der Waals surface area contributed by atoms with Gasteiger partial charge in [-0.3, -0.25) is 4.79 Å².